The average Bonchev–Trinajstić information content (AvgIpc) is 2.43. The second kappa shape index (κ2) is 5.23. The van der Waals surface area contributed by atoms with Gasteiger partial charge in [-0.15, -0.1) is 4.91 Å². The fourth-order valence-corrected chi connectivity index (χ4v) is 1.68. The molecule has 0 aliphatic heterocycles. The van der Waals surface area contributed by atoms with Crippen molar-refractivity contribution in [3.8, 4) is 0 Å². The number of esters is 1. The summed E-state index contributed by atoms with van der Waals surface area (Å²) in [5, 5.41) is 4.88. The van der Waals surface area contributed by atoms with Gasteiger partial charge in [-0.05, 0) is 34.2 Å². The van der Waals surface area contributed by atoms with E-state index in [1.807, 2.05) is 30.3 Å². The summed E-state index contributed by atoms with van der Waals surface area (Å²) in [6.45, 7) is 0. The van der Waals surface area contributed by atoms with E-state index in [1.54, 1.807) is 6.07 Å². The smallest absolute Gasteiger partial charge is 0.330 e. The summed E-state index contributed by atoms with van der Waals surface area (Å²) in [4.78, 5) is 21.8. The highest BCUT2D eigenvalue weighted by molar-refractivity contribution is 5.92. The number of hydrogen-bond donors (Lipinski definition) is 0. The van der Waals surface area contributed by atoms with Crippen LogP contribution in [0.1, 0.15) is 5.56 Å². The van der Waals surface area contributed by atoms with Crippen LogP contribution in [-0.4, -0.2) is 13.1 Å². The van der Waals surface area contributed by atoms with Crippen molar-refractivity contribution in [3.05, 3.63) is 52.9 Å². The number of carbonyl (C=O) groups excluding carboxylic acids is 1. The molecule has 0 saturated carbocycles. The van der Waals surface area contributed by atoms with Gasteiger partial charge in [0, 0.05) is 11.6 Å². The van der Waals surface area contributed by atoms with Gasteiger partial charge in [0.15, 0.2) is 0 Å². The minimum atomic E-state index is -0.472. The fourth-order valence-electron chi connectivity index (χ4n) is 1.68. The largest absolute Gasteiger partial charge is 0.466 e. The second-order valence-electron chi connectivity index (χ2n) is 3.71. The van der Waals surface area contributed by atoms with Crippen LogP contribution in [0.5, 0.6) is 0 Å². The molecule has 0 bridgehead atoms. The molecule has 18 heavy (non-hydrogen) atoms. The van der Waals surface area contributed by atoms with E-state index < -0.39 is 5.97 Å². The first kappa shape index (κ1) is 12.0. The van der Waals surface area contributed by atoms with Gasteiger partial charge in [0.25, 0.3) is 0 Å². The van der Waals surface area contributed by atoms with Gasteiger partial charge in [0.1, 0.15) is 5.69 Å². The number of fused-ring (bicyclic) bond motifs is 1. The monoisotopic (exact) mass is 241 g/mol. The van der Waals surface area contributed by atoms with Crippen LogP contribution in [0.2, 0.25) is 0 Å². The summed E-state index contributed by atoms with van der Waals surface area (Å²) >= 11 is 0. The van der Waals surface area contributed by atoms with Gasteiger partial charge in [-0.25, -0.2) is 4.79 Å². The molecule has 0 aromatic heterocycles. The van der Waals surface area contributed by atoms with Gasteiger partial charge in [0.2, 0.25) is 0 Å². The lowest BCUT2D eigenvalue weighted by atomic mass is 10.0. The van der Waals surface area contributed by atoms with E-state index in [-0.39, 0.29) is 0 Å². The standard InChI is InChI=1S/C14H11NO3/c1-18-14(16)7-6-12-8-10-4-2-3-5-11(10)9-13(12)15-17/h2-9H,1H3/b7-6+. The molecule has 90 valence electrons. The van der Waals surface area contributed by atoms with E-state index in [0.717, 1.165) is 10.8 Å². The van der Waals surface area contributed by atoms with Gasteiger partial charge >= 0.3 is 5.97 Å². The molecule has 4 heteroatoms. The zero-order chi connectivity index (χ0) is 13.0. The molecule has 0 aliphatic rings. The van der Waals surface area contributed by atoms with Crippen molar-refractivity contribution in [2.45, 2.75) is 0 Å². The van der Waals surface area contributed by atoms with Gasteiger partial charge < -0.3 is 4.74 Å². The zero-order valence-electron chi connectivity index (χ0n) is 9.79. The van der Waals surface area contributed by atoms with Gasteiger partial charge in [-0.3, -0.25) is 0 Å². The number of rotatable bonds is 3. The van der Waals surface area contributed by atoms with Crippen LogP contribution in [0.25, 0.3) is 16.8 Å². The molecule has 0 amide bonds. The molecular weight excluding hydrogens is 230 g/mol. The minimum Gasteiger partial charge on any atom is -0.466 e. The summed E-state index contributed by atoms with van der Waals surface area (Å²) in [7, 11) is 1.30. The molecule has 0 fully saturated rings. The number of methoxy groups -OCH3 is 1. The lowest BCUT2D eigenvalue weighted by Gasteiger charge is -2.02. The Kier molecular flexibility index (Phi) is 3.48. The third-order valence-electron chi connectivity index (χ3n) is 2.59. The number of carbonyl (C=O) groups is 1. The Bertz CT molecular complexity index is 632. The molecule has 0 unspecified atom stereocenters. The molecule has 0 N–H and O–H groups in total. The summed E-state index contributed by atoms with van der Waals surface area (Å²) in [5.41, 5.74) is 0.892. The third kappa shape index (κ3) is 2.43. The highest BCUT2D eigenvalue weighted by Gasteiger charge is 2.03. The van der Waals surface area contributed by atoms with Crippen LogP contribution < -0.4 is 0 Å². The maximum atomic E-state index is 11.0. The van der Waals surface area contributed by atoms with Gasteiger partial charge in [0.05, 0.1) is 7.11 Å². The first-order valence-electron chi connectivity index (χ1n) is 5.37. The molecule has 4 nitrogen and oxygen atoms in total. The highest BCUT2D eigenvalue weighted by atomic mass is 16.5. The Morgan fingerprint density at radius 3 is 2.50 bits per heavy atom. The Morgan fingerprint density at radius 2 is 1.89 bits per heavy atom. The first-order valence-corrected chi connectivity index (χ1v) is 5.37. The Labute approximate surface area is 104 Å². The minimum absolute atomic E-state index is 0.300. The van der Waals surface area contributed by atoms with Crippen molar-refractivity contribution in [2.75, 3.05) is 7.11 Å². The number of hydrogen-bond acceptors (Lipinski definition) is 4. The molecule has 0 radical (unpaired) electrons. The van der Waals surface area contributed by atoms with E-state index in [0.29, 0.717) is 11.3 Å². The van der Waals surface area contributed by atoms with Crippen LogP contribution in [0, 0.1) is 4.91 Å². The fraction of sp³-hybridized carbons (Fsp3) is 0.0714. The van der Waals surface area contributed by atoms with Crippen LogP contribution in [-0.2, 0) is 9.53 Å². The molecule has 0 heterocycles. The number of nitrogens with zero attached hydrogens (tertiary/aromatic N) is 1. The van der Waals surface area contributed by atoms with Crippen molar-refractivity contribution in [3.63, 3.8) is 0 Å². The summed E-state index contributed by atoms with van der Waals surface area (Å²) in [5.74, 6) is -0.472. The van der Waals surface area contributed by atoms with Crippen molar-refractivity contribution in [2.24, 2.45) is 5.18 Å². The topological polar surface area (TPSA) is 55.7 Å². The number of nitroso groups, excluding NO2 is 1. The maximum Gasteiger partial charge on any atom is 0.330 e. The predicted octanol–water partition coefficient (Wildman–Crippen LogP) is 3.42. The molecular formula is C14H11NO3. The quantitative estimate of drug-likeness (QED) is 0.470. The van der Waals surface area contributed by atoms with Crippen molar-refractivity contribution in [1.82, 2.24) is 0 Å². The normalized spacial score (nSPS) is 10.7. The Morgan fingerprint density at radius 1 is 1.22 bits per heavy atom. The first-order chi connectivity index (χ1) is 8.74. The summed E-state index contributed by atoms with van der Waals surface area (Å²) in [6.07, 6.45) is 2.79. The molecule has 2 aromatic carbocycles. The van der Waals surface area contributed by atoms with Crippen LogP contribution in [0.4, 0.5) is 5.69 Å². The van der Waals surface area contributed by atoms with Crippen LogP contribution >= 0.6 is 0 Å². The second-order valence-corrected chi connectivity index (χ2v) is 3.71. The van der Waals surface area contributed by atoms with Gasteiger partial charge in [-0.2, -0.15) is 0 Å². The Balaban J connectivity index is 2.51. The zero-order valence-corrected chi connectivity index (χ0v) is 9.79. The number of benzene rings is 2. The number of ether oxygens (including phenoxy) is 1. The van der Waals surface area contributed by atoms with Crippen LogP contribution in [0.15, 0.2) is 47.7 Å². The molecule has 0 atom stereocenters. The van der Waals surface area contributed by atoms with E-state index in [4.69, 9.17) is 0 Å². The molecule has 2 rings (SSSR count). The SMILES string of the molecule is COC(=O)/C=C/c1cc2ccccc2cc1N=O. The molecule has 0 saturated heterocycles. The van der Waals surface area contributed by atoms with E-state index in [9.17, 15) is 9.70 Å². The summed E-state index contributed by atoms with van der Waals surface area (Å²) < 4.78 is 4.50. The van der Waals surface area contributed by atoms with Crippen LogP contribution in [0.3, 0.4) is 0 Å². The summed E-state index contributed by atoms with van der Waals surface area (Å²) in [6, 6.07) is 11.1. The molecule has 0 spiro atoms. The van der Waals surface area contributed by atoms with Crippen molar-refractivity contribution >= 4 is 28.5 Å². The average molecular weight is 241 g/mol. The lowest BCUT2D eigenvalue weighted by molar-refractivity contribution is -0.134. The Hall–Kier alpha value is -2.49. The lowest BCUT2D eigenvalue weighted by Crippen LogP contribution is -1.93. The predicted molar refractivity (Wildman–Crippen MR) is 70.5 cm³/mol. The van der Waals surface area contributed by atoms with Crippen molar-refractivity contribution in [1.29, 1.82) is 0 Å². The molecule has 0 aliphatic carbocycles. The van der Waals surface area contributed by atoms with Gasteiger partial charge in [-0.1, -0.05) is 24.3 Å². The van der Waals surface area contributed by atoms with E-state index in [1.165, 1.54) is 19.3 Å². The maximum absolute atomic E-state index is 11.0. The highest BCUT2D eigenvalue weighted by Crippen LogP contribution is 2.27. The van der Waals surface area contributed by atoms with Crippen molar-refractivity contribution < 1.29 is 9.53 Å². The van der Waals surface area contributed by atoms with E-state index >= 15 is 0 Å². The third-order valence-corrected chi connectivity index (χ3v) is 2.59. The van der Waals surface area contributed by atoms with E-state index in [2.05, 4.69) is 9.91 Å². The molecule has 2 aromatic rings.